The number of pyridine rings is 1. The molecule has 0 aliphatic carbocycles. The molecule has 0 bridgehead atoms. The van der Waals surface area contributed by atoms with Crippen molar-refractivity contribution in [1.29, 1.82) is 0 Å². The fraction of sp³-hybridized carbons (Fsp3) is 0.0556. The van der Waals surface area contributed by atoms with Gasteiger partial charge in [-0.25, -0.2) is 4.98 Å². The SMILES string of the molecule is O=C(/C=C/c1ccc(Cl)c(Cl)c1)NCc1csc(-c2cccnc2)n1. The van der Waals surface area contributed by atoms with E-state index >= 15 is 0 Å². The van der Waals surface area contributed by atoms with E-state index in [9.17, 15) is 4.79 Å². The normalized spacial score (nSPS) is 11.0. The van der Waals surface area contributed by atoms with Gasteiger partial charge in [-0.15, -0.1) is 11.3 Å². The zero-order valence-electron chi connectivity index (χ0n) is 12.9. The van der Waals surface area contributed by atoms with E-state index in [2.05, 4.69) is 15.3 Å². The molecule has 1 N–H and O–H groups in total. The Morgan fingerprint density at radius 3 is 2.88 bits per heavy atom. The molecule has 3 rings (SSSR count). The molecule has 0 aliphatic rings. The molecule has 0 aliphatic heterocycles. The van der Waals surface area contributed by atoms with Crippen molar-refractivity contribution in [3.05, 3.63) is 75.5 Å². The summed E-state index contributed by atoms with van der Waals surface area (Å²) in [5.74, 6) is -0.206. The number of amides is 1. The van der Waals surface area contributed by atoms with Crippen LogP contribution in [-0.2, 0) is 11.3 Å². The van der Waals surface area contributed by atoms with Gasteiger partial charge in [-0.1, -0.05) is 29.3 Å². The highest BCUT2D eigenvalue weighted by Gasteiger charge is 2.05. The summed E-state index contributed by atoms with van der Waals surface area (Å²) in [6.07, 6.45) is 6.62. The molecule has 0 radical (unpaired) electrons. The van der Waals surface area contributed by atoms with Gasteiger partial charge in [0, 0.05) is 29.4 Å². The largest absolute Gasteiger partial charge is 0.347 e. The maximum absolute atomic E-state index is 11.9. The third-order valence-electron chi connectivity index (χ3n) is 3.27. The van der Waals surface area contributed by atoms with Crippen LogP contribution in [0.3, 0.4) is 0 Å². The molecule has 1 amide bonds. The average Bonchev–Trinajstić information content (AvgIpc) is 3.11. The lowest BCUT2D eigenvalue weighted by atomic mass is 10.2. The maximum Gasteiger partial charge on any atom is 0.244 e. The quantitative estimate of drug-likeness (QED) is 0.635. The van der Waals surface area contributed by atoms with E-state index in [1.165, 1.54) is 17.4 Å². The Morgan fingerprint density at radius 1 is 1.24 bits per heavy atom. The molecule has 0 fully saturated rings. The number of nitrogens with one attached hydrogen (secondary N) is 1. The van der Waals surface area contributed by atoms with Crippen LogP contribution in [0, 0.1) is 0 Å². The van der Waals surface area contributed by atoms with Gasteiger partial charge < -0.3 is 5.32 Å². The Labute approximate surface area is 159 Å². The molecule has 4 nitrogen and oxygen atoms in total. The molecule has 7 heteroatoms. The van der Waals surface area contributed by atoms with Gasteiger partial charge in [0.1, 0.15) is 5.01 Å². The number of halogens is 2. The van der Waals surface area contributed by atoms with Crippen molar-refractivity contribution in [2.75, 3.05) is 0 Å². The molecule has 0 spiro atoms. The lowest BCUT2D eigenvalue weighted by Crippen LogP contribution is -2.20. The number of thiazole rings is 1. The lowest BCUT2D eigenvalue weighted by Gasteiger charge is -2.00. The van der Waals surface area contributed by atoms with Crippen LogP contribution in [0.5, 0.6) is 0 Å². The van der Waals surface area contributed by atoms with Gasteiger partial charge in [0.15, 0.2) is 0 Å². The number of carbonyl (C=O) groups is 1. The van der Waals surface area contributed by atoms with Crippen molar-refractivity contribution in [3.63, 3.8) is 0 Å². The Hall–Kier alpha value is -2.21. The van der Waals surface area contributed by atoms with Crippen molar-refractivity contribution in [1.82, 2.24) is 15.3 Å². The predicted molar refractivity (Wildman–Crippen MR) is 103 cm³/mol. The molecular weight excluding hydrogens is 377 g/mol. The van der Waals surface area contributed by atoms with E-state index in [0.29, 0.717) is 16.6 Å². The molecule has 3 aromatic rings. The van der Waals surface area contributed by atoms with Crippen LogP contribution in [0.1, 0.15) is 11.3 Å². The smallest absolute Gasteiger partial charge is 0.244 e. The van der Waals surface area contributed by atoms with Gasteiger partial charge in [-0.05, 0) is 35.9 Å². The van der Waals surface area contributed by atoms with Crippen LogP contribution >= 0.6 is 34.5 Å². The van der Waals surface area contributed by atoms with Crippen molar-refractivity contribution in [2.45, 2.75) is 6.54 Å². The Balaban J connectivity index is 1.56. The number of hydrogen-bond acceptors (Lipinski definition) is 4. The first kappa shape index (κ1) is 17.6. The summed E-state index contributed by atoms with van der Waals surface area (Å²) in [6.45, 7) is 0.362. The summed E-state index contributed by atoms with van der Waals surface area (Å²) in [5, 5.41) is 6.54. The predicted octanol–water partition coefficient (Wildman–Crippen LogP) is 4.84. The van der Waals surface area contributed by atoms with Gasteiger partial charge in [0.05, 0.1) is 22.3 Å². The van der Waals surface area contributed by atoms with Gasteiger partial charge in [0.2, 0.25) is 5.91 Å². The lowest BCUT2D eigenvalue weighted by molar-refractivity contribution is -0.116. The minimum absolute atomic E-state index is 0.206. The summed E-state index contributed by atoms with van der Waals surface area (Å²) in [4.78, 5) is 20.5. The first-order valence-electron chi connectivity index (χ1n) is 7.37. The van der Waals surface area contributed by atoms with Crippen LogP contribution < -0.4 is 5.32 Å². The average molecular weight is 390 g/mol. The summed E-state index contributed by atoms with van der Waals surface area (Å²) < 4.78 is 0. The molecule has 0 atom stereocenters. The second-order valence-corrected chi connectivity index (χ2v) is 6.78. The van der Waals surface area contributed by atoms with Crippen molar-refractivity contribution >= 4 is 46.5 Å². The molecule has 126 valence electrons. The maximum atomic E-state index is 11.9. The van der Waals surface area contributed by atoms with Crippen LogP contribution in [0.15, 0.2) is 54.2 Å². The van der Waals surface area contributed by atoms with Crippen LogP contribution in [0.4, 0.5) is 0 Å². The van der Waals surface area contributed by atoms with Gasteiger partial charge >= 0.3 is 0 Å². The van der Waals surface area contributed by atoms with Gasteiger partial charge in [0.25, 0.3) is 0 Å². The first-order valence-corrected chi connectivity index (χ1v) is 9.01. The fourth-order valence-electron chi connectivity index (χ4n) is 2.03. The van der Waals surface area contributed by atoms with Gasteiger partial charge in [-0.2, -0.15) is 0 Å². The number of carbonyl (C=O) groups excluding carboxylic acids is 1. The minimum atomic E-state index is -0.206. The molecule has 25 heavy (non-hydrogen) atoms. The molecule has 2 heterocycles. The van der Waals surface area contributed by atoms with Crippen molar-refractivity contribution in [3.8, 4) is 10.6 Å². The van der Waals surface area contributed by atoms with E-state index in [1.54, 1.807) is 36.7 Å². The minimum Gasteiger partial charge on any atom is -0.347 e. The molecule has 0 unspecified atom stereocenters. The number of rotatable bonds is 5. The standard InChI is InChI=1S/C18H13Cl2N3OS/c19-15-5-3-12(8-16(15)20)4-6-17(24)22-10-14-11-25-18(23-14)13-2-1-7-21-9-13/h1-9,11H,10H2,(H,22,24)/b6-4+. The monoisotopic (exact) mass is 389 g/mol. The van der Waals surface area contributed by atoms with E-state index < -0.39 is 0 Å². The highest BCUT2D eigenvalue weighted by Crippen LogP contribution is 2.23. The molecule has 1 aromatic carbocycles. The van der Waals surface area contributed by atoms with Gasteiger partial charge in [-0.3, -0.25) is 9.78 Å². The molecule has 2 aromatic heterocycles. The number of aromatic nitrogens is 2. The van der Waals surface area contributed by atoms with Crippen molar-refractivity contribution < 1.29 is 4.79 Å². The fourth-order valence-corrected chi connectivity index (χ4v) is 3.15. The summed E-state index contributed by atoms with van der Waals surface area (Å²) >= 11 is 13.3. The van der Waals surface area contributed by atoms with E-state index in [0.717, 1.165) is 21.8 Å². The summed E-state index contributed by atoms with van der Waals surface area (Å²) in [6, 6.07) is 9.00. The van der Waals surface area contributed by atoms with Crippen LogP contribution in [0.2, 0.25) is 10.0 Å². The Kier molecular flexibility index (Phi) is 5.81. The number of hydrogen-bond donors (Lipinski definition) is 1. The van der Waals surface area contributed by atoms with E-state index in [4.69, 9.17) is 23.2 Å². The Bertz CT molecular complexity index is 910. The highest BCUT2D eigenvalue weighted by atomic mass is 35.5. The number of nitrogens with zero attached hydrogens (tertiary/aromatic N) is 2. The highest BCUT2D eigenvalue weighted by molar-refractivity contribution is 7.13. The molecular formula is C18H13Cl2N3OS. The zero-order chi connectivity index (χ0) is 17.6. The van der Waals surface area contributed by atoms with Crippen LogP contribution in [-0.4, -0.2) is 15.9 Å². The van der Waals surface area contributed by atoms with E-state index in [1.807, 2.05) is 17.5 Å². The summed E-state index contributed by atoms with van der Waals surface area (Å²) in [5.41, 5.74) is 2.57. The second-order valence-electron chi connectivity index (χ2n) is 5.11. The third kappa shape index (κ3) is 4.89. The second kappa shape index (κ2) is 8.25. The topological polar surface area (TPSA) is 54.9 Å². The zero-order valence-corrected chi connectivity index (χ0v) is 15.3. The molecule has 0 saturated heterocycles. The van der Waals surface area contributed by atoms with Crippen molar-refractivity contribution in [2.24, 2.45) is 0 Å². The van der Waals surface area contributed by atoms with E-state index in [-0.39, 0.29) is 5.91 Å². The van der Waals surface area contributed by atoms with Crippen LogP contribution in [0.25, 0.3) is 16.6 Å². The Morgan fingerprint density at radius 2 is 2.12 bits per heavy atom. The first-order chi connectivity index (χ1) is 12.1. The number of benzene rings is 1. The third-order valence-corrected chi connectivity index (χ3v) is 4.95. The summed E-state index contributed by atoms with van der Waals surface area (Å²) in [7, 11) is 0. The molecule has 0 saturated carbocycles.